The van der Waals surface area contributed by atoms with E-state index in [-0.39, 0.29) is 0 Å². The maximum atomic E-state index is 5.72. The van der Waals surface area contributed by atoms with Crippen molar-refractivity contribution in [2.45, 2.75) is 57.7 Å². The molecule has 1 aromatic rings. The Labute approximate surface area is 110 Å². The lowest BCUT2D eigenvalue weighted by Crippen LogP contribution is -2.61. The van der Waals surface area contributed by atoms with E-state index in [4.69, 9.17) is 4.42 Å². The number of hydrogen-bond acceptors (Lipinski definition) is 3. The number of furan rings is 1. The fourth-order valence-electron chi connectivity index (χ4n) is 3.46. The zero-order chi connectivity index (χ0) is 12.6. The minimum atomic E-state index is 0.397. The van der Waals surface area contributed by atoms with E-state index in [0.29, 0.717) is 11.6 Å². The third kappa shape index (κ3) is 2.34. The summed E-state index contributed by atoms with van der Waals surface area (Å²) in [4.78, 5) is 2.58. The van der Waals surface area contributed by atoms with Crippen molar-refractivity contribution < 1.29 is 4.42 Å². The Balaban J connectivity index is 1.69. The van der Waals surface area contributed by atoms with Gasteiger partial charge in [0, 0.05) is 24.7 Å². The molecule has 0 bridgehead atoms. The molecule has 3 rings (SSSR count). The minimum absolute atomic E-state index is 0.397. The van der Waals surface area contributed by atoms with Crippen molar-refractivity contribution in [2.75, 3.05) is 13.1 Å². The summed E-state index contributed by atoms with van der Waals surface area (Å²) in [5.74, 6) is 2.12. The highest BCUT2D eigenvalue weighted by Gasteiger charge is 2.39. The second-order valence-electron chi connectivity index (χ2n) is 6.13. The highest BCUT2D eigenvalue weighted by Crippen LogP contribution is 2.33. The zero-order valence-electron chi connectivity index (χ0n) is 11.5. The van der Waals surface area contributed by atoms with Crippen LogP contribution in [0.15, 0.2) is 16.5 Å². The van der Waals surface area contributed by atoms with Crippen LogP contribution in [0.5, 0.6) is 0 Å². The monoisotopic (exact) mass is 248 g/mol. The van der Waals surface area contributed by atoms with Crippen LogP contribution >= 0.6 is 0 Å². The SMILES string of the molecule is Cc1ccc(CN2CC3(CCCC3)NCC2C)o1. The van der Waals surface area contributed by atoms with E-state index >= 15 is 0 Å². The van der Waals surface area contributed by atoms with Crippen LogP contribution < -0.4 is 5.32 Å². The van der Waals surface area contributed by atoms with Crippen LogP contribution in [0.2, 0.25) is 0 Å². The highest BCUT2D eigenvalue weighted by molar-refractivity contribution is 5.07. The average molecular weight is 248 g/mol. The normalized spacial score (nSPS) is 28.0. The lowest BCUT2D eigenvalue weighted by molar-refractivity contribution is 0.0763. The van der Waals surface area contributed by atoms with Gasteiger partial charge in [-0.15, -0.1) is 0 Å². The first-order chi connectivity index (χ1) is 8.67. The summed E-state index contributed by atoms with van der Waals surface area (Å²) in [6.45, 7) is 7.57. The molecule has 1 aromatic heterocycles. The molecular weight excluding hydrogens is 224 g/mol. The second kappa shape index (κ2) is 4.71. The summed E-state index contributed by atoms with van der Waals surface area (Å²) < 4.78 is 5.72. The lowest BCUT2D eigenvalue weighted by Gasteiger charge is -2.45. The van der Waals surface area contributed by atoms with Gasteiger partial charge in [-0.25, -0.2) is 0 Å². The second-order valence-corrected chi connectivity index (χ2v) is 6.13. The first-order valence-electron chi connectivity index (χ1n) is 7.21. The Morgan fingerprint density at radius 3 is 2.83 bits per heavy atom. The van der Waals surface area contributed by atoms with Crippen LogP contribution in [-0.2, 0) is 6.54 Å². The van der Waals surface area contributed by atoms with Crippen molar-refractivity contribution >= 4 is 0 Å². The topological polar surface area (TPSA) is 28.4 Å². The molecule has 1 saturated carbocycles. The predicted octanol–water partition coefficient (Wildman–Crippen LogP) is 2.69. The molecule has 18 heavy (non-hydrogen) atoms. The third-order valence-corrected chi connectivity index (χ3v) is 4.62. The quantitative estimate of drug-likeness (QED) is 0.872. The van der Waals surface area contributed by atoms with Gasteiger partial charge in [0.1, 0.15) is 11.5 Å². The largest absolute Gasteiger partial charge is 0.465 e. The van der Waals surface area contributed by atoms with Gasteiger partial charge in [-0.05, 0) is 38.8 Å². The van der Waals surface area contributed by atoms with Gasteiger partial charge < -0.3 is 9.73 Å². The average Bonchev–Trinajstić information content (AvgIpc) is 2.95. The van der Waals surface area contributed by atoms with Gasteiger partial charge in [0.15, 0.2) is 0 Å². The number of nitrogens with one attached hydrogen (secondary N) is 1. The molecule has 1 aliphatic heterocycles. The Hall–Kier alpha value is -0.800. The number of rotatable bonds is 2. The summed E-state index contributed by atoms with van der Waals surface area (Å²) >= 11 is 0. The molecule has 100 valence electrons. The predicted molar refractivity (Wildman–Crippen MR) is 72.5 cm³/mol. The first-order valence-corrected chi connectivity index (χ1v) is 7.21. The molecule has 2 fully saturated rings. The van der Waals surface area contributed by atoms with E-state index in [1.165, 1.54) is 32.2 Å². The van der Waals surface area contributed by atoms with Crippen molar-refractivity contribution in [3.05, 3.63) is 23.7 Å². The van der Waals surface area contributed by atoms with Crippen molar-refractivity contribution in [2.24, 2.45) is 0 Å². The molecule has 0 aromatic carbocycles. The van der Waals surface area contributed by atoms with Crippen LogP contribution in [0.4, 0.5) is 0 Å². The van der Waals surface area contributed by atoms with Crippen LogP contribution in [0, 0.1) is 6.92 Å². The first kappa shape index (κ1) is 12.2. The summed E-state index contributed by atoms with van der Waals surface area (Å²) in [6.07, 6.45) is 5.45. The van der Waals surface area contributed by atoms with Crippen molar-refractivity contribution in [1.29, 1.82) is 0 Å². The van der Waals surface area contributed by atoms with E-state index in [9.17, 15) is 0 Å². The molecule has 3 nitrogen and oxygen atoms in total. The zero-order valence-corrected chi connectivity index (χ0v) is 11.5. The summed E-state index contributed by atoms with van der Waals surface area (Å²) in [6, 6.07) is 4.78. The lowest BCUT2D eigenvalue weighted by atomic mass is 9.92. The van der Waals surface area contributed by atoms with E-state index in [0.717, 1.165) is 24.6 Å². The molecule has 0 radical (unpaired) electrons. The Morgan fingerprint density at radius 1 is 1.39 bits per heavy atom. The van der Waals surface area contributed by atoms with Crippen LogP contribution in [0.25, 0.3) is 0 Å². The standard InChI is InChI=1S/C15H24N2O/c1-12-9-16-15(7-3-4-8-15)11-17(12)10-14-6-5-13(2)18-14/h5-6,12,16H,3-4,7-11H2,1-2H3. The summed E-state index contributed by atoms with van der Waals surface area (Å²) in [5, 5.41) is 3.79. The molecule has 2 aliphatic rings. The number of piperazine rings is 1. The van der Waals surface area contributed by atoms with Crippen LogP contribution in [-0.4, -0.2) is 29.6 Å². The van der Waals surface area contributed by atoms with Gasteiger partial charge in [0.2, 0.25) is 0 Å². The van der Waals surface area contributed by atoms with Crippen molar-refractivity contribution in [3.63, 3.8) is 0 Å². The van der Waals surface area contributed by atoms with E-state index in [1.54, 1.807) is 0 Å². The molecular formula is C15H24N2O. The Kier molecular flexibility index (Phi) is 3.20. The molecule has 3 heteroatoms. The van der Waals surface area contributed by atoms with Gasteiger partial charge in [-0.1, -0.05) is 12.8 Å². The minimum Gasteiger partial charge on any atom is -0.465 e. The van der Waals surface area contributed by atoms with Crippen molar-refractivity contribution in [1.82, 2.24) is 10.2 Å². The van der Waals surface area contributed by atoms with Gasteiger partial charge in [0.05, 0.1) is 6.54 Å². The van der Waals surface area contributed by atoms with E-state index in [1.807, 2.05) is 6.92 Å². The van der Waals surface area contributed by atoms with E-state index < -0.39 is 0 Å². The Morgan fingerprint density at radius 2 is 2.17 bits per heavy atom. The molecule has 1 unspecified atom stereocenters. The summed E-state index contributed by atoms with van der Waals surface area (Å²) in [7, 11) is 0. The van der Waals surface area contributed by atoms with Gasteiger partial charge in [-0.2, -0.15) is 0 Å². The van der Waals surface area contributed by atoms with Gasteiger partial charge >= 0.3 is 0 Å². The molecule has 1 aliphatic carbocycles. The van der Waals surface area contributed by atoms with E-state index in [2.05, 4.69) is 29.3 Å². The molecule has 1 saturated heterocycles. The van der Waals surface area contributed by atoms with Crippen LogP contribution in [0.3, 0.4) is 0 Å². The molecule has 2 heterocycles. The maximum Gasteiger partial charge on any atom is 0.118 e. The van der Waals surface area contributed by atoms with Crippen molar-refractivity contribution in [3.8, 4) is 0 Å². The smallest absolute Gasteiger partial charge is 0.118 e. The fourth-order valence-corrected chi connectivity index (χ4v) is 3.46. The third-order valence-electron chi connectivity index (χ3n) is 4.62. The number of aryl methyl sites for hydroxylation is 1. The molecule has 1 spiro atoms. The van der Waals surface area contributed by atoms with Gasteiger partial charge in [0.25, 0.3) is 0 Å². The number of hydrogen-bond donors (Lipinski definition) is 1. The Bertz CT molecular complexity index is 406. The van der Waals surface area contributed by atoms with Gasteiger partial charge in [-0.3, -0.25) is 4.90 Å². The molecule has 0 amide bonds. The fraction of sp³-hybridized carbons (Fsp3) is 0.733. The summed E-state index contributed by atoms with van der Waals surface area (Å²) in [5.41, 5.74) is 0.397. The highest BCUT2D eigenvalue weighted by atomic mass is 16.3. The van der Waals surface area contributed by atoms with Crippen LogP contribution in [0.1, 0.15) is 44.1 Å². The molecule has 1 N–H and O–H groups in total. The maximum absolute atomic E-state index is 5.72. The number of nitrogens with zero attached hydrogens (tertiary/aromatic N) is 1. The molecule has 1 atom stereocenters.